The molecule has 7 nitrogen and oxygen atoms in total. The van der Waals surface area contributed by atoms with E-state index in [2.05, 4.69) is 5.32 Å². The first-order valence-corrected chi connectivity index (χ1v) is 9.33. The number of aromatic carboxylic acids is 1. The molecular weight excluding hydrogens is 403 g/mol. The standard InChI is InChI=1S/C23H17FN2O5/c1-13-6-7-14(22(28)29)10-17(13)20-9-8-16(31-20)11-19-21(27)26(23(30)25-19)12-15-4-2-3-5-18(15)24/h2-11H,12H2,1H3,(H,25,30)(H,28,29)/p-1/b19-11-. The first-order valence-electron chi connectivity index (χ1n) is 9.33. The van der Waals surface area contributed by atoms with Gasteiger partial charge in [0.15, 0.2) is 0 Å². The third kappa shape index (κ3) is 3.95. The van der Waals surface area contributed by atoms with E-state index < -0.39 is 23.7 Å². The summed E-state index contributed by atoms with van der Waals surface area (Å²) in [5.41, 5.74) is 1.58. The van der Waals surface area contributed by atoms with Gasteiger partial charge in [0.1, 0.15) is 23.0 Å². The van der Waals surface area contributed by atoms with Gasteiger partial charge in [-0.2, -0.15) is 0 Å². The Labute approximate surface area is 176 Å². The molecule has 1 aliphatic rings. The predicted octanol–water partition coefficient (Wildman–Crippen LogP) is 2.85. The van der Waals surface area contributed by atoms with Crippen molar-refractivity contribution in [3.05, 3.63) is 88.6 Å². The highest BCUT2D eigenvalue weighted by Gasteiger charge is 2.34. The van der Waals surface area contributed by atoms with Crippen molar-refractivity contribution in [2.24, 2.45) is 0 Å². The molecule has 1 aliphatic heterocycles. The summed E-state index contributed by atoms with van der Waals surface area (Å²) in [5, 5.41) is 13.6. The van der Waals surface area contributed by atoms with E-state index in [9.17, 15) is 23.9 Å². The maximum absolute atomic E-state index is 13.9. The molecule has 1 fully saturated rings. The molecule has 0 atom stereocenters. The number of hydrogen-bond donors (Lipinski definition) is 1. The lowest BCUT2D eigenvalue weighted by molar-refractivity contribution is -0.255. The van der Waals surface area contributed by atoms with Gasteiger partial charge in [0, 0.05) is 17.2 Å². The van der Waals surface area contributed by atoms with Crippen LogP contribution in [0.2, 0.25) is 0 Å². The largest absolute Gasteiger partial charge is 0.545 e. The number of nitrogens with zero attached hydrogens (tertiary/aromatic N) is 1. The van der Waals surface area contributed by atoms with Gasteiger partial charge in [0.25, 0.3) is 5.91 Å². The monoisotopic (exact) mass is 419 g/mol. The number of carbonyl (C=O) groups excluding carboxylic acids is 3. The minimum atomic E-state index is -1.30. The molecule has 0 saturated carbocycles. The molecular formula is C23H16FN2O5-. The molecule has 1 aromatic heterocycles. The average molecular weight is 419 g/mol. The Morgan fingerprint density at radius 3 is 2.68 bits per heavy atom. The van der Waals surface area contributed by atoms with Crippen LogP contribution in [-0.2, 0) is 11.3 Å². The summed E-state index contributed by atoms with van der Waals surface area (Å²) >= 11 is 0. The number of halogens is 1. The van der Waals surface area contributed by atoms with Gasteiger partial charge in [-0.25, -0.2) is 9.18 Å². The Bertz CT molecular complexity index is 1240. The summed E-state index contributed by atoms with van der Waals surface area (Å²) in [5.74, 6) is -1.74. The highest BCUT2D eigenvalue weighted by Crippen LogP contribution is 2.28. The van der Waals surface area contributed by atoms with E-state index in [4.69, 9.17) is 4.42 Å². The maximum Gasteiger partial charge on any atom is 0.329 e. The molecule has 4 rings (SSSR count). The van der Waals surface area contributed by atoms with Crippen LogP contribution in [0.3, 0.4) is 0 Å². The number of amides is 3. The minimum Gasteiger partial charge on any atom is -0.545 e. The molecule has 0 bridgehead atoms. The van der Waals surface area contributed by atoms with Crippen molar-refractivity contribution in [3.8, 4) is 11.3 Å². The summed E-state index contributed by atoms with van der Waals surface area (Å²) < 4.78 is 19.6. The van der Waals surface area contributed by atoms with Crippen LogP contribution in [0.5, 0.6) is 0 Å². The Balaban J connectivity index is 1.58. The fourth-order valence-corrected chi connectivity index (χ4v) is 3.24. The number of imide groups is 1. The highest BCUT2D eigenvalue weighted by molar-refractivity contribution is 6.13. The lowest BCUT2D eigenvalue weighted by Gasteiger charge is -2.12. The van der Waals surface area contributed by atoms with Crippen LogP contribution in [0, 0.1) is 12.7 Å². The van der Waals surface area contributed by atoms with Crippen molar-refractivity contribution in [2.45, 2.75) is 13.5 Å². The molecule has 8 heteroatoms. The molecule has 2 aromatic carbocycles. The van der Waals surface area contributed by atoms with Crippen LogP contribution in [0.25, 0.3) is 17.4 Å². The van der Waals surface area contributed by atoms with Gasteiger partial charge in [-0.3, -0.25) is 9.69 Å². The van der Waals surface area contributed by atoms with Crippen LogP contribution in [-0.4, -0.2) is 22.8 Å². The van der Waals surface area contributed by atoms with Crippen LogP contribution < -0.4 is 10.4 Å². The molecule has 3 aromatic rings. The topological polar surface area (TPSA) is 103 Å². The Kier molecular flexibility index (Phi) is 5.12. The first-order chi connectivity index (χ1) is 14.8. The summed E-state index contributed by atoms with van der Waals surface area (Å²) in [6.45, 7) is 1.60. The summed E-state index contributed by atoms with van der Waals surface area (Å²) in [6, 6.07) is 13.0. The molecule has 2 heterocycles. The SMILES string of the molecule is Cc1ccc(C(=O)[O-])cc1-c1ccc(/C=C2\NC(=O)N(Cc3ccccc3F)C2=O)o1. The normalized spacial score (nSPS) is 14.9. The fraction of sp³-hybridized carbons (Fsp3) is 0.0870. The van der Waals surface area contributed by atoms with E-state index in [1.54, 1.807) is 31.2 Å². The van der Waals surface area contributed by atoms with Gasteiger partial charge < -0.3 is 19.6 Å². The van der Waals surface area contributed by atoms with Gasteiger partial charge in [-0.1, -0.05) is 30.3 Å². The predicted molar refractivity (Wildman–Crippen MR) is 107 cm³/mol. The molecule has 0 aliphatic carbocycles. The van der Waals surface area contributed by atoms with Gasteiger partial charge in [0.2, 0.25) is 0 Å². The number of rotatable bonds is 5. The van der Waals surface area contributed by atoms with Crippen LogP contribution in [0.4, 0.5) is 9.18 Å². The number of furan rings is 1. The summed E-state index contributed by atoms with van der Waals surface area (Å²) in [4.78, 5) is 36.9. The number of benzene rings is 2. The highest BCUT2D eigenvalue weighted by atomic mass is 19.1. The summed E-state index contributed by atoms with van der Waals surface area (Å²) in [7, 11) is 0. The van der Waals surface area contributed by atoms with E-state index in [0.29, 0.717) is 11.3 Å². The number of carboxylic acids is 1. The van der Waals surface area contributed by atoms with Crippen molar-refractivity contribution in [1.82, 2.24) is 10.2 Å². The van der Waals surface area contributed by atoms with Crippen LogP contribution >= 0.6 is 0 Å². The van der Waals surface area contributed by atoms with Crippen LogP contribution in [0.15, 0.2) is 64.7 Å². The molecule has 31 heavy (non-hydrogen) atoms. The number of aryl methyl sites for hydroxylation is 1. The maximum atomic E-state index is 13.9. The second-order valence-corrected chi connectivity index (χ2v) is 6.99. The van der Waals surface area contributed by atoms with Gasteiger partial charge in [-0.05, 0) is 42.3 Å². The first kappa shape index (κ1) is 20.1. The lowest BCUT2D eigenvalue weighted by Crippen LogP contribution is -2.30. The van der Waals surface area contributed by atoms with Crippen molar-refractivity contribution in [2.75, 3.05) is 0 Å². The molecule has 1 N–H and O–H groups in total. The van der Waals surface area contributed by atoms with E-state index >= 15 is 0 Å². The zero-order valence-corrected chi connectivity index (χ0v) is 16.3. The van der Waals surface area contributed by atoms with Crippen molar-refractivity contribution in [3.63, 3.8) is 0 Å². The van der Waals surface area contributed by atoms with E-state index in [0.717, 1.165) is 10.5 Å². The molecule has 0 radical (unpaired) electrons. The zero-order valence-electron chi connectivity index (χ0n) is 16.3. The smallest absolute Gasteiger partial charge is 0.329 e. The quantitative estimate of drug-likeness (QED) is 0.506. The van der Waals surface area contributed by atoms with Gasteiger partial charge in [-0.15, -0.1) is 0 Å². The van der Waals surface area contributed by atoms with E-state index in [1.165, 1.54) is 36.4 Å². The van der Waals surface area contributed by atoms with Crippen molar-refractivity contribution >= 4 is 24.0 Å². The van der Waals surface area contributed by atoms with Gasteiger partial charge in [0.05, 0.1) is 12.5 Å². The Hall–Kier alpha value is -4.20. The zero-order chi connectivity index (χ0) is 22.1. The molecule has 1 saturated heterocycles. The fourth-order valence-electron chi connectivity index (χ4n) is 3.24. The Morgan fingerprint density at radius 2 is 1.94 bits per heavy atom. The number of hydrogen-bond acceptors (Lipinski definition) is 5. The van der Waals surface area contributed by atoms with E-state index in [1.807, 2.05) is 0 Å². The average Bonchev–Trinajstić information content (AvgIpc) is 3.30. The number of carbonyl (C=O) groups is 3. The second kappa shape index (κ2) is 7.91. The second-order valence-electron chi connectivity index (χ2n) is 6.99. The third-order valence-electron chi connectivity index (χ3n) is 4.90. The number of urea groups is 1. The Morgan fingerprint density at radius 1 is 1.16 bits per heavy atom. The van der Waals surface area contributed by atoms with Crippen molar-refractivity contribution < 1.29 is 28.3 Å². The minimum absolute atomic E-state index is 0.0116. The van der Waals surface area contributed by atoms with Crippen LogP contribution in [0.1, 0.15) is 27.2 Å². The van der Waals surface area contributed by atoms with Gasteiger partial charge >= 0.3 is 6.03 Å². The summed E-state index contributed by atoms with van der Waals surface area (Å²) in [6.07, 6.45) is 1.36. The number of nitrogens with one attached hydrogen (secondary N) is 1. The molecule has 0 spiro atoms. The molecule has 0 unspecified atom stereocenters. The lowest BCUT2D eigenvalue weighted by atomic mass is 10.0. The molecule has 156 valence electrons. The third-order valence-corrected chi connectivity index (χ3v) is 4.90. The van der Waals surface area contributed by atoms with E-state index in [-0.39, 0.29) is 29.1 Å². The molecule has 3 amide bonds. The number of carboxylic acid groups (broad SMARTS) is 1. The van der Waals surface area contributed by atoms with Crippen molar-refractivity contribution in [1.29, 1.82) is 0 Å².